The molecule has 2 rings (SSSR count). The molecule has 100 valence electrons. The summed E-state index contributed by atoms with van der Waals surface area (Å²) in [6.07, 6.45) is 2.50. The Bertz CT molecular complexity index is 389. The summed E-state index contributed by atoms with van der Waals surface area (Å²) >= 11 is 0. The molecule has 0 heterocycles. The van der Waals surface area contributed by atoms with Crippen molar-refractivity contribution in [1.82, 2.24) is 0 Å². The molecular formula is C14H18F2O2. The summed E-state index contributed by atoms with van der Waals surface area (Å²) < 4.78 is 31.6. The Morgan fingerprint density at radius 1 is 1.22 bits per heavy atom. The van der Waals surface area contributed by atoms with E-state index in [2.05, 4.69) is 6.92 Å². The van der Waals surface area contributed by atoms with E-state index >= 15 is 0 Å². The van der Waals surface area contributed by atoms with Crippen LogP contribution in [0.5, 0.6) is 5.75 Å². The van der Waals surface area contributed by atoms with Crippen molar-refractivity contribution < 1.29 is 18.6 Å². The van der Waals surface area contributed by atoms with Crippen molar-refractivity contribution in [2.45, 2.75) is 44.8 Å². The second-order valence-electron chi connectivity index (χ2n) is 4.92. The van der Waals surface area contributed by atoms with Crippen molar-refractivity contribution >= 4 is 0 Å². The van der Waals surface area contributed by atoms with Crippen LogP contribution < -0.4 is 4.74 Å². The van der Waals surface area contributed by atoms with Crippen molar-refractivity contribution in [1.29, 1.82) is 0 Å². The van der Waals surface area contributed by atoms with Gasteiger partial charge in [0, 0.05) is 18.2 Å². The lowest BCUT2D eigenvalue weighted by molar-refractivity contribution is -0.0111. The third-order valence-corrected chi connectivity index (χ3v) is 3.57. The molecule has 0 bridgehead atoms. The van der Waals surface area contributed by atoms with Crippen LogP contribution in [-0.2, 0) is 0 Å². The van der Waals surface area contributed by atoms with Crippen LogP contribution in [0.2, 0.25) is 0 Å². The van der Waals surface area contributed by atoms with Gasteiger partial charge in [0.1, 0.15) is 23.5 Å². The third-order valence-electron chi connectivity index (χ3n) is 3.57. The van der Waals surface area contributed by atoms with E-state index in [1.54, 1.807) is 0 Å². The lowest BCUT2D eigenvalue weighted by Crippen LogP contribution is -2.38. The first-order valence-corrected chi connectivity index (χ1v) is 6.39. The standard InChI is InChI=1S/C14H18F2O2/c1-2-9-3-4-13(17)14(5-9)18-12-7-10(15)6-11(16)8-12/h6-9,13-14,17H,2-5H2,1H3. The van der Waals surface area contributed by atoms with Gasteiger partial charge in [-0.3, -0.25) is 0 Å². The molecule has 18 heavy (non-hydrogen) atoms. The molecule has 4 heteroatoms. The van der Waals surface area contributed by atoms with E-state index in [1.165, 1.54) is 0 Å². The van der Waals surface area contributed by atoms with Crippen molar-refractivity contribution in [3.8, 4) is 5.75 Å². The highest BCUT2D eigenvalue weighted by Crippen LogP contribution is 2.30. The Kier molecular flexibility index (Phi) is 4.17. The summed E-state index contributed by atoms with van der Waals surface area (Å²) in [5, 5.41) is 9.87. The molecule has 3 unspecified atom stereocenters. The van der Waals surface area contributed by atoms with Gasteiger partial charge in [-0.15, -0.1) is 0 Å². The van der Waals surface area contributed by atoms with Crippen molar-refractivity contribution in [2.75, 3.05) is 0 Å². The molecule has 1 aliphatic rings. The number of rotatable bonds is 3. The Morgan fingerprint density at radius 2 is 1.89 bits per heavy atom. The van der Waals surface area contributed by atoms with E-state index in [4.69, 9.17) is 4.74 Å². The number of aliphatic hydroxyl groups excluding tert-OH is 1. The zero-order chi connectivity index (χ0) is 13.1. The molecule has 0 aliphatic heterocycles. The van der Waals surface area contributed by atoms with Crippen LogP contribution in [0.4, 0.5) is 8.78 Å². The second-order valence-corrected chi connectivity index (χ2v) is 4.92. The zero-order valence-electron chi connectivity index (χ0n) is 10.4. The minimum Gasteiger partial charge on any atom is -0.488 e. The van der Waals surface area contributed by atoms with Crippen LogP contribution in [0, 0.1) is 17.6 Å². The largest absolute Gasteiger partial charge is 0.488 e. The summed E-state index contributed by atoms with van der Waals surface area (Å²) in [6, 6.07) is 3.09. The maximum absolute atomic E-state index is 13.0. The smallest absolute Gasteiger partial charge is 0.129 e. The Morgan fingerprint density at radius 3 is 2.50 bits per heavy atom. The van der Waals surface area contributed by atoms with Crippen LogP contribution in [0.1, 0.15) is 32.6 Å². The fraction of sp³-hybridized carbons (Fsp3) is 0.571. The summed E-state index contributed by atoms with van der Waals surface area (Å²) in [6.45, 7) is 2.10. The van der Waals surface area contributed by atoms with Crippen LogP contribution in [-0.4, -0.2) is 17.3 Å². The number of ether oxygens (including phenoxy) is 1. The summed E-state index contributed by atoms with van der Waals surface area (Å²) in [5.74, 6) is -0.671. The van der Waals surface area contributed by atoms with E-state index in [-0.39, 0.29) is 11.9 Å². The predicted octanol–water partition coefficient (Wildman–Crippen LogP) is 3.28. The monoisotopic (exact) mass is 256 g/mol. The fourth-order valence-corrected chi connectivity index (χ4v) is 2.46. The molecule has 0 radical (unpaired) electrons. The molecule has 1 fully saturated rings. The average molecular weight is 256 g/mol. The highest BCUT2D eigenvalue weighted by atomic mass is 19.1. The third kappa shape index (κ3) is 3.19. The van der Waals surface area contributed by atoms with Gasteiger partial charge in [-0.25, -0.2) is 8.78 Å². The fourth-order valence-electron chi connectivity index (χ4n) is 2.46. The molecule has 0 amide bonds. The number of hydrogen-bond donors (Lipinski definition) is 1. The van der Waals surface area contributed by atoms with Gasteiger partial charge in [-0.2, -0.15) is 0 Å². The molecular weight excluding hydrogens is 238 g/mol. The number of hydrogen-bond acceptors (Lipinski definition) is 2. The highest BCUT2D eigenvalue weighted by Gasteiger charge is 2.30. The summed E-state index contributed by atoms with van der Waals surface area (Å²) in [5.41, 5.74) is 0. The second kappa shape index (κ2) is 5.65. The Balaban J connectivity index is 2.06. The van der Waals surface area contributed by atoms with Crippen LogP contribution >= 0.6 is 0 Å². The van der Waals surface area contributed by atoms with Gasteiger partial charge >= 0.3 is 0 Å². The van der Waals surface area contributed by atoms with E-state index in [9.17, 15) is 13.9 Å². The predicted molar refractivity (Wildman–Crippen MR) is 64.4 cm³/mol. The summed E-state index contributed by atoms with van der Waals surface area (Å²) in [4.78, 5) is 0. The zero-order valence-corrected chi connectivity index (χ0v) is 10.4. The molecule has 2 nitrogen and oxygen atoms in total. The van der Waals surface area contributed by atoms with Crippen molar-refractivity contribution in [2.24, 2.45) is 5.92 Å². The average Bonchev–Trinajstić information content (AvgIpc) is 2.30. The quantitative estimate of drug-likeness (QED) is 0.899. The topological polar surface area (TPSA) is 29.5 Å². The van der Waals surface area contributed by atoms with Crippen LogP contribution in [0.15, 0.2) is 18.2 Å². The van der Waals surface area contributed by atoms with Gasteiger partial charge in [0.25, 0.3) is 0 Å². The minimum atomic E-state index is -0.664. The number of aliphatic hydroxyl groups is 1. The molecule has 0 aromatic heterocycles. The maximum atomic E-state index is 13.0. The Labute approximate surface area is 106 Å². The van der Waals surface area contributed by atoms with E-state index in [0.29, 0.717) is 12.3 Å². The molecule has 1 aromatic carbocycles. The van der Waals surface area contributed by atoms with E-state index < -0.39 is 17.7 Å². The van der Waals surface area contributed by atoms with Gasteiger partial charge < -0.3 is 9.84 Å². The molecule has 1 N–H and O–H groups in total. The lowest BCUT2D eigenvalue weighted by Gasteiger charge is -2.33. The van der Waals surface area contributed by atoms with Gasteiger partial charge in [0.05, 0.1) is 6.10 Å². The van der Waals surface area contributed by atoms with Crippen molar-refractivity contribution in [3.05, 3.63) is 29.8 Å². The lowest BCUT2D eigenvalue weighted by atomic mass is 9.84. The van der Waals surface area contributed by atoms with Crippen LogP contribution in [0.25, 0.3) is 0 Å². The number of halogens is 2. The molecule has 0 spiro atoms. The molecule has 0 saturated heterocycles. The van der Waals surface area contributed by atoms with Gasteiger partial charge in [0.2, 0.25) is 0 Å². The molecule has 1 saturated carbocycles. The minimum absolute atomic E-state index is 0.147. The molecule has 1 aliphatic carbocycles. The van der Waals surface area contributed by atoms with E-state index in [0.717, 1.165) is 37.5 Å². The highest BCUT2D eigenvalue weighted by molar-refractivity contribution is 5.24. The SMILES string of the molecule is CCC1CCC(O)C(Oc2cc(F)cc(F)c2)C1. The van der Waals surface area contributed by atoms with Gasteiger partial charge in [0.15, 0.2) is 0 Å². The number of benzene rings is 1. The first-order chi connectivity index (χ1) is 8.58. The Hall–Kier alpha value is -1.16. The maximum Gasteiger partial charge on any atom is 0.129 e. The molecule has 3 atom stereocenters. The first-order valence-electron chi connectivity index (χ1n) is 6.39. The van der Waals surface area contributed by atoms with Gasteiger partial charge in [-0.05, 0) is 25.2 Å². The van der Waals surface area contributed by atoms with Crippen LogP contribution in [0.3, 0.4) is 0 Å². The van der Waals surface area contributed by atoms with Gasteiger partial charge in [-0.1, -0.05) is 13.3 Å². The molecule has 1 aromatic rings. The van der Waals surface area contributed by atoms with Crippen molar-refractivity contribution in [3.63, 3.8) is 0 Å². The summed E-state index contributed by atoms with van der Waals surface area (Å²) in [7, 11) is 0. The van der Waals surface area contributed by atoms with E-state index in [1.807, 2.05) is 0 Å². The normalized spacial score (nSPS) is 28.1. The first kappa shape index (κ1) is 13.3.